The summed E-state index contributed by atoms with van der Waals surface area (Å²) in [5.74, 6) is 0. The second-order valence-corrected chi connectivity index (χ2v) is 11.0. The normalized spacial score (nSPS) is 11.8. The molecule has 0 aromatic heterocycles. The molecule has 2 aromatic rings. The van der Waals surface area contributed by atoms with Crippen molar-refractivity contribution in [2.75, 3.05) is 0 Å². The van der Waals surface area contributed by atoms with Gasteiger partial charge in [0.15, 0.2) is 0 Å². The molecule has 0 bridgehead atoms. The summed E-state index contributed by atoms with van der Waals surface area (Å²) >= 11 is 0. The number of rotatable bonds is 20. The maximum absolute atomic E-state index is 5.16. The van der Waals surface area contributed by atoms with Gasteiger partial charge in [0.25, 0.3) is 0 Å². The van der Waals surface area contributed by atoms with E-state index in [1.54, 1.807) is 0 Å². The van der Waals surface area contributed by atoms with E-state index in [2.05, 4.69) is 71.0 Å². The summed E-state index contributed by atoms with van der Waals surface area (Å²) in [6, 6.07) is 13.8. The molecule has 0 unspecified atom stereocenters. The number of hydrogen-bond donors (Lipinski definition) is 0. The number of aryl methyl sites for hydroxylation is 4. The standard InChI is InChI=1S/C36H56N2.Pd/c1-6-11-16-17-22-36(38-35-26-24-31(19-13-8-3)33(28-35)21-15-10-5)29-37-34-25-23-30(18-12-7-2)32(27-34)20-14-9-4;/h23-29H,6-22H2,1-5H3;/b37-29+,38-36+;. The van der Waals surface area contributed by atoms with Crippen molar-refractivity contribution in [2.24, 2.45) is 9.98 Å². The summed E-state index contributed by atoms with van der Waals surface area (Å²) in [7, 11) is 0. The van der Waals surface area contributed by atoms with Crippen LogP contribution in [0.5, 0.6) is 0 Å². The van der Waals surface area contributed by atoms with Crippen LogP contribution in [-0.2, 0) is 46.1 Å². The minimum atomic E-state index is 0. The zero-order valence-corrected chi connectivity index (χ0v) is 27.3. The first-order valence-corrected chi connectivity index (χ1v) is 16.0. The Morgan fingerprint density at radius 2 is 1.00 bits per heavy atom. The van der Waals surface area contributed by atoms with Gasteiger partial charge >= 0.3 is 0 Å². The zero-order chi connectivity index (χ0) is 27.4. The Balaban J connectivity index is 0.00000760. The van der Waals surface area contributed by atoms with Crippen LogP contribution in [0.2, 0.25) is 0 Å². The second-order valence-electron chi connectivity index (χ2n) is 11.0. The molecular formula is C36H56N2Pd. The summed E-state index contributed by atoms with van der Waals surface area (Å²) < 4.78 is 0. The molecule has 0 aliphatic carbocycles. The first-order chi connectivity index (χ1) is 18.6. The zero-order valence-electron chi connectivity index (χ0n) is 25.8. The van der Waals surface area contributed by atoms with Gasteiger partial charge in [0.2, 0.25) is 0 Å². The van der Waals surface area contributed by atoms with Crippen molar-refractivity contribution >= 4 is 23.3 Å². The molecule has 0 fully saturated rings. The molecule has 0 aliphatic rings. The van der Waals surface area contributed by atoms with Gasteiger partial charge in [0, 0.05) is 26.6 Å². The van der Waals surface area contributed by atoms with Crippen molar-refractivity contribution in [2.45, 2.75) is 144 Å². The molecule has 220 valence electrons. The van der Waals surface area contributed by atoms with Crippen LogP contribution in [0.3, 0.4) is 0 Å². The fraction of sp³-hybridized carbons (Fsp3) is 0.611. The van der Waals surface area contributed by atoms with Crippen molar-refractivity contribution in [3.8, 4) is 0 Å². The van der Waals surface area contributed by atoms with E-state index in [1.165, 1.54) is 112 Å². The minimum Gasteiger partial charge on any atom is -0.255 e. The number of hydrogen-bond acceptors (Lipinski definition) is 2. The summed E-state index contributed by atoms with van der Waals surface area (Å²) in [6.07, 6.45) is 22.6. The molecule has 0 amide bonds. The fourth-order valence-corrected chi connectivity index (χ4v) is 4.99. The smallest absolute Gasteiger partial charge is 0.0636 e. The Labute approximate surface area is 255 Å². The number of unbranched alkanes of at least 4 members (excludes halogenated alkanes) is 7. The number of aliphatic imine (C=N–C) groups is 2. The van der Waals surface area contributed by atoms with Crippen LogP contribution in [-0.4, -0.2) is 11.9 Å². The number of nitrogens with zero attached hydrogens (tertiary/aromatic N) is 2. The quantitative estimate of drug-likeness (QED) is 0.0797. The molecule has 0 radical (unpaired) electrons. The average molecular weight is 623 g/mol. The monoisotopic (exact) mass is 622 g/mol. The van der Waals surface area contributed by atoms with E-state index in [0.717, 1.165) is 36.3 Å². The van der Waals surface area contributed by atoms with Crippen molar-refractivity contribution in [1.29, 1.82) is 0 Å². The van der Waals surface area contributed by atoms with Gasteiger partial charge in [-0.05, 0) is 111 Å². The van der Waals surface area contributed by atoms with Gasteiger partial charge in [-0.2, -0.15) is 0 Å². The molecule has 2 aromatic carbocycles. The molecule has 0 saturated carbocycles. The molecule has 39 heavy (non-hydrogen) atoms. The van der Waals surface area contributed by atoms with Crippen LogP contribution >= 0.6 is 0 Å². The predicted octanol–water partition coefficient (Wildman–Crippen LogP) is 11.5. The Kier molecular flexibility index (Phi) is 20.2. The fourth-order valence-electron chi connectivity index (χ4n) is 4.99. The van der Waals surface area contributed by atoms with Crippen LogP contribution in [0.25, 0.3) is 0 Å². The molecule has 0 aliphatic heterocycles. The molecule has 0 atom stereocenters. The Hall–Kier alpha value is -1.56. The Morgan fingerprint density at radius 3 is 1.51 bits per heavy atom. The Morgan fingerprint density at radius 1 is 0.538 bits per heavy atom. The van der Waals surface area contributed by atoms with Crippen LogP contribution in [0.1, 0.15) is 140 Å². The first-order valence-electron chi connectivity index (χ1n) is 16.0. The molecule has 2 rings (SSSR count). The van der Waals surface area contributed by atoms with Crippen LogP contribution < -0.4 is 0 Å². The van der Waals surface area contributed by atoms with Gasteiger partial charge < -0.3 is 0 Å². The summed E-state index contributed by atoms with van der Waals surface area (Å²) in [5, 5.41) is 0. The summed E-state index contributed by atoms with van der Waals surface area (Å²) in [5.41, 5.74) is 9.26. The van der Waals surface area contributed by atoms with Crippen LogP contribution in [0.4, 0.5) is 11.4 Å². The van der Waals surface area contributed by atoms with Gasteiger partial charge in [-0.1, -0.05) is 91.7 Å². The molecule has 0 heterocycles. The van der Waals surface area contributed by atoms with Gasteiger partial charge in [0.1, 0.15) is 0 Å². The molecule has 3 heteroatoms. The van der Waals surface area contributed by atoms with Gasteiger partial charge in [-0.15, -0.1) is 0 Å². The van der Waals surface area contributed by atoms with E-state index in [9.17, 15) is 0 Å². The third-order valence-electron chi connectivity index (χ3n) is 7.50. The molecular weight excluding hydrogens is 567 g/mol. The van der Waals surface area contributed by atoms with Gasteiger partial charge in [-0.25, -0.2) is 0 Å². The van der Waals surface area contributed by atoms with E-state index in [-0.39, 0.29) is 20.4 Å². The SMILES string of the molecule is CCCCCCC(/C=N/c1ccc(CCCC)c(CCCC)c1)=N\c1ccc(CCCC)c(CCCC)c1.[Pd]. The summed E-state index contributed by atoms with van der Waals surface area (Å²) in [4.78, 5) is 10.1. The van der Waals surface area contributed by atoms with E-state index in [0.29, 0.717) is 0 Å². The van der Waals surface area contributed by atoms with Crippen molar-refractivity contribution < 1.29 is 20.4 Å². The number of benzene rings is 2. The van der Waals surface area contributed by atoms with Crippen molar-refractivity contribution in [3.05, 3.63) is 58.7 Å². The first kappa shape index (κ1) is 35.5. The van der Waals surface area contributed by atoms with Crippen molar-refractivity contribution in [1.82, 2.24) is 0 Å². The van der Waals surface area contributed by atoms with Gasteiger partial charge in [-0.3, -0.25) is 9.98 Å². The molecule has 0 spiro atoms. The van der Waals surface area contributed by atoms with E-state index in [4.69, 9.17) is 9.98 Å². The third-order valence-corrected chi connectivity index (χ3v) is 7.50. The van der Waals surface area contributed by atoms with Crippen LogP contribution in [0.15, 0.2) is 46.4 Å². The maximum Gasteiger partial charge on any atom is 0.0636 e. The maximum atomic E-state index is 5.16. The minimum absolute atomic E-state index is 0. The Bertz CT molecular complexity index is 976. The van der Waals surface area contributed by atoms with E-state index >= 15 is 0 Å². The largest absolute Gasteiger partial charge is 0.255 e. The molecule has 2 nitrogen and oxygen atoms in total. The molecule has 0 N–H and O–H groups in total. The van der Waals surface area contributed by atoms with E-state index in [1.807, 2.05) is 6.21 Å². The second kappa shape index (κ2) is 22.2. The average Bonchev–Trinajstić information content (AvgIpc) is 2.94. The van der Waals surface area contributed by atoms with Crippen LogP contribution in [0, 0.1) is 0 Å². The molecule has 0 saturated heterocycles. The topological polar surface area (TPSA) is 24.7 Å². The summed E-state index contributed by atoms with van der Waals surface area (Å²) in [6.45, 7) is 11.4. The van der Waals surface area contributed by atoms with E-state index < -0.39 is 0 Å². The predicted molar refractivity (Wildman–Crippen MR) is 171 cm³/mol. The van der Waals surface area contributed by atoms with Gasteiger partial charge in [0.05, 0.1) is 17.1 Å². The van der Waals surface area contributed by atoms with Crippen molar-refractivity contribution in [3.63, 3.8) is 0 Å². The third kappa shape index (κ3) is 14.1.